The Kier molecular flexibility index (Phi) is 3.93. The number of nitrogens with one attached hydrogen (secondary N) is 1. The molecule has 2 nitrogen and oxygen atoms in total. The van der Waals surface area contributed by atoms with Crippen molar-refractivity contribution >= 4 is 0 Å². The zero-order valence-corrected chi connectivity index (χ0v) is 9.47. The van der Waals surface area contributed by atoms with Gasteiger partial charge in [-0.3, -0.25) is 5.43 Å². The van der Waals surface area contributed by atoms with Gasteiger partial charge in [-0.15, -0.1) is 0 Å². The fourth-order valence-corrected chi connectivity index (χ4v) is 1.37. The van der Waals surface area contributed by atoms with E-state index in [2.05, 4.69) is 5.43 Å². The summed E-state index contributed by atoms with van der Waals surface area (Å²) in [4.78, 5) is 0. The van der Waals surface area contributed by atoms with Gasteiger partial charge in [0.2, 0.25) is 0 Å². The molecule has 0 fully saturated rings. The van der Waals surface area contributed by atoms with E-state index >= 15 is 0 Å². The molecule has 90 valence electrons. The van der Waals surface area contributed by atoms with Crippen molar-refractivity contribution in [1.82, 2.24) is 10.4 Å². The van der Waals surface area contributed by atoms with Gasteiger partial charge in [-0.05, 0) is 31.7 Å². The normalized spacial score (nSPS) is 14.2. The summed E-state index contributed by atoms with van der Waals surface area (Å²) in [5.74, 6) is 0. The quantitative estimate of drug-likeness (QED) is 0.806. The van der Waals surface area contributed by atoms with E-state index < -0.39 is 11.7 Å². The summed E-state index contributed by atoms with van der Waals surface area (Å²) < 4.78 is 37.0. The molecule has 0 heterocycles. The Bertz CT molecular complexity index is 332. The second-order valence-electron chi connectivity index (χ2n) is 3.63. The third-order valence-corrected chi connectivity index (χ3v) is 2.65. The Labute approximate surface area is 93.0 Å². The minimum absolute atomic E-state index is 0.0206. The van der Waals surface area contributed by atoms with Crippen molar-refractivity contribution in [3.8, 4) is 0 Å². The molecule has 1 atom stereocenters. The molecular formula is C11H15F3N2. The molecule has 0 spiro atoms. The van der Waals surface area contributed by atoms with Gasteiger partial charge in [0.05, 0.1) is 5.56 Å². The molecule has 0 saturated carbocycles. The number of halogens is 3. The maximum absolute atomic E-state index is 12.3. The molecule has 1 N–H and O–H groups in total. The highest BCUT2D eigenvalue weighted by Gasteiger charge is 2.30. The molecule has 0 unspecified atom stereocenters. The van der Waals surface area contributed by atoms with Gasteiger partial charge in [-0.25, -0.2) is 5.01 Å². The van der Waals surface area contributed by atoms with Gasteiger partial charge in [0.15, 0.2) is 0 Å². The average Bonchev–Trinajstić information content (AvgIpc) is 2.26. The Balaban J connectivity index is 2.87. The minimum atomic E-state index is -4.27. The van der Waals surface area contributed by atoms with E-state index in [1.54, 1.807) is 7.05 Å². The fraction of sp³-hybridized carbons (Fsp3) is 0.455. The number of hydrogen-bond acceptors (Lipinski definition) is 2. The molecule has 0 saturated heterocycles. The highest BCUT2D eigenvalue weighted by Crippen LogP contribution is 2.30. The van der Waals surface area contributed by atoms with Crippen LogP contribution in [0.15, 0.2) is 24.3 Å². The lowest BCUT2D eigenvalue weighted by Crippen LogP contribution is -2.33. The van der Waals surface area contributed by atoms with Crippen LogP contribution in [0, 0.1) is 0 Å². The molecule has 1 aromatic carbocycles. The molecule has 0 aliphatic heterocycles. The van der Waals surface area contributed by atoms with Crippen LogP contribution in [-0.4, -0.2) is 19.1 Å². The zero-order chi connectivity index (χ0) is 12.3. The van der Waals surface area contributed by atoms with Gasteiger partial charge < -0.3 is 0 Å². The van der Waals surface area contributed by atoms with E-state index in [0.29, 0.717) is 0 Å². The Hall–Kier alpha value is -1.07. The third-order valence-electron chi connectivity index (χ3n) is 2.65. The number of alkyl halides is 3. The SMILES string of the molecule is CNN(C)[C@H](C)c1ccc(C(F)(F)F)cc1. The first-order chi connectivity index (χ1) is 7.36. The fourth-order valence-electron chi connectivity index (χ4n) is 1.37. The van der Waals surface area contributed by atoms with Crippen LogP contribution in [0.2, 0.25) is 0 Å². The first-order valence-electron chi connectivity index (χ1n) is 4.93. The molecule has 0 bridgehead atoms. The summed E-state index contributed by atoms with van der Waals surface area (Å²) in [5.41, 5.74) is 3.14. The topological polar surface area (TPSA) is 15.3 Å². The van der Waals surface area contributed by atoms with Crippen molar-refractivity contribution in [2.75, 3.05) is 14.1 Å². The second kappa shape index (κ2) is 4.84. The van der Waals surface area contributed by atoms with E-state index in [1.807, 2.05) is 19.0 Å². The molecule has 5 heteroatoms. The summed E-state index contributed by atoms with van der Waals surface area (Å²) in [5, 5.41) is 1.82. The number of nitrogens with zero attached hydrogens (tertiary/aromatic N) is 1. The van der Waals surface area contributed by atoms with Gasteiger partial charge in [-0.2, -0.15) is 13.2 Å². The minimum Gasteiger partial charge on any atom is -0.258 e. The van der Waals surface area contributed by atoms with Crippen LogP contribution in [0.5, 0.6) is 0 Å². The maximum Gasteiger partial charge on any atom is 0.416 e. The summed E-state index contributed by atoms with van der Waals surface area (Å²) in [6.45, 7) is 1.92. The highest BCUT2D eigenvalue weighted by molar-refractivity contribution is 5.26. The zero-order valence-electron chi connectivity index (χ0n) is 9.47. The molecule has 1 rings (SSSR count). The van der Waals surface area contributed by atoms with Gasteiger partial charge in [0, 0.05) is 13.1 Å². The third kappa shape index (κ3) is 2.96. The van der Waals surface area contributed by atoms with E-state index in [9.17, 15) is 13.2 Å². The van der Waals surface area contributed by atoms with Gasteiger partial charge in [-0.1, -0.05) is 12.1 Å². The molecule has 1 aromatic rings. The Morgan fingerprint density at radius 1 is 1.19 bits per heavy atom. The molecular weight excluding hydrogens is 217 g/mol. The van der Waals surface area contributed by atoms with Crippen LogP contribution in [-0.2, 0) is 6.18 Å². The van der Waals surface area contributed by atoms with E-state index in [0.717, 1.165) is 17.7 Å². The summed E-state index contributed by atoms with van der Waals surface area (Å²) in [6.07, 6.45) is -4.27. The molecule has 0 aromatic heterocycles. The van der Waals surface area contributed by atoms with E-state index in [1.165, 1.54) is 12.1 Å². The average molecular weight is 232 g/mol. The number of hydrogen-bond donors (Lipinski definition) is 1. The number of benzene rings is 1. The molecule has 0 amide bonds. The maximum atomic E-state index is 12.3. The summed E-state index contributed by atoms with van der Waals surface area (Å²) >= 11 is 0. The Morgan fingerprint density at radius 3 is 2.06 bits per heavy atom. The smallest absolute Gasteiger partial charge is 0.258 e. The van der Waals surface area contributed by atoms with E-state index in [-0.39, 0.29) is 6.04 Å². The first kappa shape index (κ1) is 13.0. The molecule has 0 aliphatic rings. The standard InChI is InChI=1S/C11H15F3N2/c1-8(16(3)15-2)9-4-6-10(7-5-9)11(12,13)14/h4-8,15H,1-3H3/t8-/m1/s1. The lowest BCUT2D eigenvalue weighted by molar-refractivity contribution is -0.137. The summed E-state index contributed by atoms with van der Waals surface area (Å²) in [6, 6.07) is 5.24. The van der Waals surface area contributed by atoms with Crippen LogP contribution in [0.4, 0.5) is 13.2 Å². The van der Waals surface area contributed by atoms with Crippen LogP contribution >= 0.6 is 0 Å². The monoisotopic (exact) mass is 232 g/mol. The van der Waals surface area contributed by atoms with E-state index in [4.69, 9.17) is 0 Å². The van der Waals surface area contributed by atoms with Crippen molar-refractivity contribution in [2.45, 2.75) is 19.1 Å². The predicted molar refractivity (Wildman–Crippen MR) is 56.7 cm³/mol. The lowest BCUT2D eigenvalue weighted by atomic mass is 10.1. The predicted octanol–water partition coefficient (Wildman–Crippen LogP) is 2.83. The van der Waals surface area contributed by atoms with Crippen LogP contribution in [0.25, 0.3) is 0 Å². The van der Waals surface area contributed by atoms with Crippen molar-refractivity contribution in [1.29, 1.82) is 0 Å². The van der Waals surface area contributed by atoms with Crippen molar-refractivity contribution < 1.29 is 13.2 Å². The van der Waals surface area contributed by atoms with Crippen molar-refractivity contribution in [3.05, 3.63) is 35.4 Å². The van der Waals surface area contributed by atoms with Crippen LogP contribution < -0.4 is 5.43 Å². The summed E-state index contributed by atoms with van der Waals surface area (Å²) in [7, 11) is 3.60. The van der Waals surface area contributed by atoms with Crippen molar-refractivity contribution in [2.24, 2.45) is 0 Å². The number of hydrazine groups is 1. The number of rotatable bonds is 3. The van der Waals surface area contributed by atoms with Gasteiger partial charge >= 0.3 is 6.18 Å². The van der Waals surface area contributed by atoms with Crippen LogP contribution in [0.1, 0.15) is 24.1 Å². The first-order valence-corrected chi connectivity index (χ1v) is 4.93. The molecule has 0 radical (unpaired) electrons. The van der Waals surface area contributed by atoms with Gasteiger partial charge in [0.25, 0.3) is 0 Å². The van der Waals surface area contributed by atoms with Gasteiger partial charge in [0.1, 0.15) is 0 Å². The second-order valence-corrected chi connectivity index (χ2v) is 3.63. The highest BCUT2D eigenvalue weighted by atomic mass is 19.4. The molecule has 0 aliphatic carbocycles. The lowest BCUT2D eigenvalue weighted by Gasteiger charge is -2.24. The largest absolute Gasteiger partial charge is 0.416 e. The Morgan fingerprint density at radius 2 is 1.69 bits per heavy atom. The van der Waals surface area contributed by atoms with Crippen LogP contribution in [0.3, 0.4) is 0 Å². The molecule has 16 heavy (non-hydrogen) atoms. The van der Waals surface area contributed by atoms with Crippen molar-refractivity contribution in [3.63, 3.8) is 0 Å².